The molecule has 0 bridgehead atoms. The lowest BCUT2D eigenvalue weighted by Crippen LogP contribution is -2.09. The summed E-state index contributed by atoms with van der Waals surface area (Å²) >= 11 is 0. The number of methoxy groups -OCH3 is 2. The third kappa shape index (κ3) is 5.72. The summed E-state index contributed by atoms with van der Waals surface area (Å²) in [6, 6.07) is 13.6. The Morgan fingerprint density at radius 2 is 1.86 bits per heavy atom. The number of rotatable bonds is 11. The van der Waals surface area contributed by atoms with Gasteiger partial charge >= 0.3 is 0 Å². The summed E-state index contributed by atoms with van der Waals surface area (Å²) in [6.45, 7) is 1.22. The number of nitrogens with one attached hydrogen (secondary N) is 1. The van der Waals surface area contributed by atoms with Crippen molar-refractivity contribution in [3.8, 4) is 11.5 Å². The van der Waals surface area contributed by atoms with Crippen molar-refractivity contribution in [3.63, 3.8) is 0 Å². The molecule has 0 aliphatic carbocycles. The Morgan fingerprint density at radius 1 is 1.06 bits per heavy atom. The average molecular weight is 495 g/mol. The van der Waals surface area contributed by atoms with Gasteiger partial charge in [0.05, 0.1) is 25.4 Å². The van der Waals surface area contributed by atoms with Gasteiger partial charge in [-0.05, 0) is 42.3 Å². The number of ether oxygens (including phenoxy) is 2. The summed E-state index contributed by atoms with van der Waals surface area (Å²) in [5, 5.41) is 2.94. The summed E-state index contributed by atoms with van der Waals surface area (Å²) < 4.78 is 44.9. The van der Waals surface area contributed by atoms with Gasteiger partial charge in [-0.25, -0.2) is 13.4 Å². The zero-order valence-corrected chi connectivity index (χ0v) is 20.2. The van der Waals surface area contributed by atoms with E-state index in [1.807, 2.05) is 16.8 Å². The van der Waals surface area contributed by atoms with Crippen molar-refractivity contribution < 1.29 is 22.3 Å². The highest BCUT2D eigenvalue weighted by Gasteiger charge is 2.27. The van der Waals surface area contributed by atoms with E-state index in [0.717, 1.165) is 18.5 Å². The maximum absolute atomic E-state index is 13.3. The van der Waals surface area contributed by atoms with Crippen molar-refractivity contribution in [2.24, 2.45) is 0 Å². The number of oxazole rings is 1. The Balaban J connectivity index is 1.59. The molecule has 0 amide bonds. The molecular formula is C25H26N4O5S. The van der Waals surface area contributed by atoms with Crippen molar-refractivity contribution in [3.05, 3.63) is 78.7 Å². The topological polar surface area (TPSA) is 108 Å². The number of hydrogen-bond donors (Lipinski definition) is 1. The molecule has 35 heavy (non-hydrogen) atoms. The van der Waals surface area contributed by atoms with E-state index in [4.69, 9.17) is 13.9 Å². The van der Waals surface area contributed by atoms with Crippen molar-refractivity contribution in [2.45, 2.75) is 22.9 Å². The standard InChI is InChI=1S/C25H26N4O5S/c1-32-21-11-9-19(17-22(21)33-2)10-12-23-28-25(35(30,31)20-7-4-3-5-8-20)24(34-23)27-13-6-15-29-16-14-26-18-29/h3-5,7-12,14,16-18,27H,6,13,15H2,1-2H3. The molecule has 2 aromatic heterocycles. The van der Waals surface area contributed by atoms with Gasteiger partial charge in [-0.3, -0.25) is 0 Å². The first kappa shape index (κ1) is 24.1. The van der Waals surface area contributed by atoms with E-state index in [2.05, 4.69) is 15.3 Å². The molecule has 182 valence electrons. The Labute approximate surface area is 204 Å². The molecule has 0 saturated heterocycles. The maximum Gasteiger partial charge on any atom is 0.233 e. The van der Waals surface area contributed by atoms with Crippen LogP contribution in [0.15, 0.2) is 81.6 Å². The summed E-state index contributed by atoms with van der Waals surface area (Å²) in [6.07, 6.45) is 9.43. The number of aryl methyl sites for hydroxylation is 1. The quantitative estimate of drug-likeness (QED) is 0.306. The van der Waals surface area contributed by atoms with E-state index in [1.165, 1.54) is 12.1 Å². The number of hydrogen-bond acceptors (Lipinski definition) is 8. The number of anilines is 1. The molecule has 0 atom stereocenters. The van der Waals surface area contributed by atoms with Gasteiger partial charge in [0.1, 0.15) is 0 Å². The average Bonchev–Trinajstić information content (AvgIpc) is 3.56. The lowest BCUT2D eigenvalue weighted by molar-refractivity contribution is 0.355. The van der Waals surface area contributed by atoms with Crippen molar-refractivity contribution in [1.82, 2.24) is 14.5 Å². The van der Waals surface area contributed by atoms with Crippen LogP contribution in [0.2, 0.25) is 0 Å². The van der Waals surface area contributed by atoms with Crippen LogP contribution in [0, 0.1) is 0 Å². The van der Waals surface area contributed by atoms with E-state index in [1.54, 1.807) is 69.2 Å². The smallest absolute Gasteiger partial charge is 0.233 e. The molecule has 0 fully saturated rings. The first-order chi connectivity index (χ1) is 17.0. The Kier molecular flexibility index (Phi) is 7.51. The predicted molar refractivity (Wildman–Crippen MR) is 132 cm³/mol. The molecule has 4 rings (SSSR count). The number of nitrogens with zero attached hydrogens (tertiary/aromatic N) is 3. The first-order valence-electron chi connectivity index (χ1n) is 10.9. The van der Waals surface area contributed by atoms with Gasteiger partial charge in [-0.2, -0.15) is 4.98 Å². The van der Waals surface area contributed by atoms with Gasteiger partial charge < -0.3 is 23.8 Å². The highest BCUT2D eigenvalue weighted by Crippen LogP contribution is 2.30. The van der Waals surface area contributed by atoms with Crippen LogP contribution in [0.4, 0.5) is 5.88 Å². The van der Waals surface area contributed by atoms with Crippen molar-refractivity contribution >= 4 is 27.9 Å². The molecule has 2 heterocycles. The molecule has 9 nitrogen and oxygen atoms in total. The summed E-state index contributed by atoms with van der Waals surface area (Å²) in [4.78, 5) is 8.47. The van der Waals surface area contributed by atoms with Crippen LogP contribution in [0.25, 0.3) is 12.2 Å². The van der Waals surface area contributed by atoms with Crippen LogP contribution in [0.5, 0.6) is 11.5 Å². The number of aromatic nitrogens is 3. The van der Waals surface area contributed by atoms with Gasteiger partial charge in [0, 0.05) is 31.6 Å². The summed E-state index contributed by atoms with van der Waals surface area (Å²) in [5.41, 5.74) is 0.808. The third-order valence-corrected chi connectivity index (χ3v) is 6.86. The molecular weight excluding hydrogens is 468 g/mol. The van der Waals surface area contributed by atoms with Gasteiger partial charge in [0.25, 0.3) is 0 Å². The van der Waals surface area contributed by atoms with E-state index in [-0.39, 0.29) is 21.7 Å². The predicted octanol–water partition coefficient (Wildman–Crippen LogP) is 4.39. The molecule has 0 aliphatic rings. The van der Waals surface area contributed by atoms with E-state index in [0.29, 0.717) is 18.0 Å². The zero-order chi connectivity index (χ0) is 24.7. The van der Waals surface area contributed by atoms with E-state index >= 15 is 0 Å². The lowest BCUT2D eigenvalue weighted by Gasteiger charge is -2.07. The molecule has 0 aliphatic heterocycles. The number of benzene rings is 2. The second-order valence-corrected chi connectivity index (χ2v) is 9.40. The Bertz CT molecular complexity index is 1380. The number of sulfone groups is 1. The zero-order valence-electron chi connectivity index (χ0n) is 19.4. The molecule has 10 heteroatoms. The lowest BCUT2D eigenvalue weighted by atomic mass is 10.2. The molecule has 0 unspecified atom stereocenters. The first-order valence-corrected chi connectivity index (χ1v) is 12.4. The Morgan fingerprint density at radius 3 is 2.57 bits per heavy atom. The van der Waals surface area contributed by atoms with E-state index < -0.39 is 9.84 Å². The second kappa shape index (κ2) is 10.9. The largest absolute Gasteiger partial charge is 0.493 e. The molecule has 0 spiro atoms. The van der Waals surface area contributed by atoms with Crippen molar-refractivity contribution in [2.75, 3.05) is 26.1 Å². The molecule has 2 aromatic carbocycles. The minimum Gasteiger partial charge on any atom is -0.493 e. The highest BCUT2D eigenvalue weighted by molar-refractivity contribution is 7.91. The van der Waals surface area contributed by atoms with Crippen LogP contribution in [0.1, 0.15) is 17.9 Å². The monoisotopic (exact) mass is 494 g/mol. The molecule has 1 N–H and O–H groups in total. The van der Waals surface area contributed by atoms with Gasteiger partial charge in [-0.1, -0.05) is 24.3 Å². The van der Waals surface area contributed by atoms with Crippen LogP contribution < -0.4 is 14.8 Å². The fourth-order valence-corrected chi connectivity index (χ4v) is 4.71. The van der Waals surface area contributed by atoms with Gasteiger partial charge in [0.2, 0.25) is 26.6 Å². The van der Waals surface area contributed by atoms with Crippen LogP contribution in [0.3, 0.4) is 0 Å². The minimum absolute atomic E-state index is 0.103. The number of imidazole rings is 1. The molecule has 4 aromatic rings. The fourth-order valence-electron chi connectivity index (χ4n) is 3.40. The van der Waals surface area contributed by atoms with Crippen molar-refractivity contribution in [1.29, 1.82) is 0 Å². The van der Waals surface area contributed by atoms with Crippen LogP contribution in [-0.2, 0) is 16.4 Å². The fraction of sp³-hybridized carbons (Fsp3) is 0.200. The molecule has 0 radical (unpaired) electrons. The SMILES string of the molecule is COc1ccc(C=Cc2nc(S(=O)(=O)c3ccccc3)c(NCCCn3ccnc3)o2)cc1OC. The van der Waals surface area contributed by atoms with Gasteiger partial charge in [0.15, 0.2) is 11.5 Å². The third-order valence-electron chi connectivity index (χ3n) is 5.18. The highest BCUT2D eigenvalue weighted by atomic mass is 32.2. The van der Waals surface area contributed by atoms with Gasteiger partial charge in [-0.15, -0.1) is 0 Å². The summed E-state index contributed by atoms with van der Waals surface area (Å²) in [7, 11) is -0.756. The normalized spacial score (nSPS) is 11.6. The van der Waals surface area contributed by atoms with Crippen LogP contribution >= 0.6 is 0 Å². The molecule has 0 saturated carbocycles. The van der Waals surface area contributed by atoms with Crippen LogP contribution in [-0.4, -0.2) is 43.7 Å². The minimum atomic E-state index is -3.88. The maximum atomic E-state index is 13.3. The second-order valence-electron chi connectivity index (χ2n) is 7.53. The summed E-state index contributed by atoms with van der Waals surface area (Å²) in [5.74, 6) is 1.45. The van der Waals surface area contributed by atoms with E-state index in [9.17, 15) is 8.42 Å². The Hall–Kier alpha value is -4.05.